The summed E-state index contributed by atoms with van der Waals surface area (Å²) in [7, 11) is 0. The number of pyridine rings is 1. The number of furan rings is 1. The molecule has 0 aliphatic heterocycles. The van der Waals surface area contributed by atoms with Crippen LogP contribution in [-0.4, -0.2) is 16.1 Å². The van der Waals surface area contributed by atoms with E-state index in [1.165, 1.54) is 12.3 Å². The third-order valence-corrected chi connectivity index (χ3v) is 2.36. The van der Waals surface area contributed by atoms with Gasteiger partial charge in [0.15, 0.2) is 11.5 Å². The highest BCUT2D eigenvalue weighted by atomic mass is 35.5. The molecule has 6 heteroatoms. The molecule has 0 unspecified atom stereocenters. The number of aromatic nitrogens is 1. The van der Waals surface area contributed by atoms with Crippen molar-refractivity contribution in [3.63, 3.8) is 0 Å². The van der Waals surface area contributed by atoms with E-state index in [-0.39, 0.29) is 16.4 Å². The van der Waals surface area contributed by atoms with Gasteiger partial charge < -0.3 is 15.3 Å². The number of nitrogens with two attached hydrogens (primary N) is 1. The summed E-state index contributed by atoms with van der Waals surface area (Å²) >= 11 is 5.72. The van der Waals surface area contributed by atoms with E-state index in [9.17, 15) is 4.79 Å². The Labute approximate surface area is 95.5 Å². The van der Waals surface area contributed by atoms with E-state index in [1.807, 2.05) is 0 Å². The molecule has 2 rings (SSSR count). The summed E-state index contributed by atoms with van der Waals surface area (Å²) in [5, 5.41) is 8.81. The molecule has 0 atom stereocenters. The highest BCUT2D eigenvalue weighted by Gasteiger charge is 2.16. The van der Waals surface area contributed by atoms with Crippen LogP contribution in [-0.2, 0) is 0 Å². The smallest absolute Gasteiger partial charge is 0.356 e. The Kier molecular flexibility index (Phi) is 2.54. The van der Waals surface area contributed by atoms with E-state index in [4.69, 9.17) is 26.9 Å². The van der Waals surface area contributed by atoms with Crippen LogP contribution in [0.5, 0.6) is 0 Å². The lowest BCUT2D eigenvalue weighted by Crippen LogP contribution is -2.05. The first kappa shape index (κ1) is 10.5. The third kappa shape index (κ3) is 1.72. The molecule has 2 aromatic heterocycles. The lowest BCUT2D eigenvalue weighted by molar-refractivity contribution is 0.0691. The van der Waals surface area contributed by atoms with Crippen molar-refractivity contribution in [3.8, 4) is 11.5 Å². The van der Waals surface area contributed by atoms with E-state index in [0.29, 0.717) is 11.5 Å². The van der Waals surface area contributed by atoms with Gasteiger partial charge in [-0.25, -0.2) is 9.78 Å². The first-order chi connectivity index (χ1) is 7.59. The second-order valence-corrected chi connectivity index (χ2v) is 3.42. The molecule has 0 fully saturated rings. The standard InChI is InChI=1S/C10H7ClN2O3/c11-8-5(12)4-6(7-2-1-3-16-7)13-9(8)10(14)15/h1-4H,(H2,12,13)(H,14,15). The van der Waals surface area contributed by atoms with Crippen LogP contribution in [0.4, 0.5) is 5.69 Å². The van der Waals surface area contributed by atoms with Gasteiger partial charge in [-0.15, -0.1) is 0 Å². The number of carboxylic acids is 1. The fourth-order valence-corrected chi connectivity index (χ4v) is 1.42. The number of halogens is 1. The van der Waals surface area contributed by atoms with Crippen molar-refractivity contribution < 1.29 is 14.3 Å². The summed E-state index contributed by atoms with van der Waals surface area (Å²) in [6, 6.07) is 4.79. The van der Waals surface area contributed by atoms with E-state index >= 15 is 0 Å². The van der Waals surface area contributed by atoms with Crippen LogP contribution in [0.2, 0.25) is 5.02 Å². The number of carboxylic acid groups (broad SMARTS) is 1. The number of hydrogen-bond donors (Lipinski definition) is 2. The van der Waals surface area contributed by atoms with Crippen molar-refractivity contribution in [2.24, 2.45) is 0 Å². The van der Waals surface area contributed by atoms with Gasteiger partial charge in [-0.3, -0.25) is 0 Å². The maximum Gasteiger partial charge on any atom is 0.356 e. The van der Waals surface area contributed by atoms with Crippen LogP contribution in [0.25, 0.3) is 11.5 Å². The Morgan fingerprint density at radius 1 is 1.56 bits per heavy atom. The molecule has 2 heterocycles. The molecular weight excluding hydrogens is 232 g/mol. The minimum absolute atomic E-state index is 0.0668. The topological polar surface area (TPSA) is 89.4 Å². The van der Waals surface area contributed by atoms with Crippen LogP contribution in [0.15, 0.2) is 28.9 Å². The van der Waals surface area contributed by atoms with Gasteiger partial charge in [0.1, 0.15) is 5.69 Å². The van der Waals surface area contributed by atoms with Crippen molar-refractivity contribution >= 4 is 23.3 Å². The molecule has 0 amide bonds. The van der Waals surface area contributed by atoms with Gasteiger partial charge in [0.2, 0.25) is 0 Å². The molecule has 0 aliphatic carbocycles. The minimum Gasteiger partial charge on any atom is -0.476 e. The van der Waals surface area contributed by atoms with Crippen molar-refractivity contribution in [2.45, 2.75) is 0 Å². The molecule has 2 aromatic rings. The molecule has 0 aliphatic rings. The number of hydrogen-bond acceptors (Lipinski definition) is 4. The SMILES string of the molecule is Nc1cc(-c2ccco2)nc(C(=O)O)c1Cl. The first-order valence-corrected chi connectivity index (χ1v) is 4.70. The number of nitrogen functional groups attached to an aromatic ring is 1. The molecular formula is C10H7ClN2O3. The fraction of sp³-hybridized carbons (Fsp3) is 0. The van der Waals surface area contributed by atoms with Gasteiger partial charge >= 0.3 is 5.97 Å². The van der Waals surface area contributed by atoms with Crippen molar-refractivity contribution in [3.05, 3.63) is 35.2 Å². The van der Waals surface area contributed by atoms with Crippen LogP contribution in [0.1, 0.15) is 10.5 Å². The fourth-order valence-electron chi connectivity index (χ4n) is 1.24. The number of anilines is 1. The van der Waals surface area contributed by atoms with Gasteiger partial charge in [0, 0.05) is 0 Å². The zero-order valence-corrected chi connectivity index (χ0v) is 8.73. The number of carbonyl (C=O) groups is 1. The van der Waals surface area contributed by atoms with E-state index in [1.54, 1.807) is 12.1 Å². The Balaban J connectivity index is 2.62. The largest absolute Gasteiger partial charge is 0.476 e. The normalized spacial score (nSPS) is 10.3. The summed E-state index contributed by atoms with van der Waals surface area (Å²) in [4.78, 5) is 14.7. The zero-order chi connectivity index (χ0) is 11.7. The van der Waals surface area contributed by atoms with E-state index < -0.39 is 5.97 Å². The molecule has 3 N–H and O–H groups in total. The second kappa shape index (κ2) is 3.86. The molecule has 0 saturated carbocycles. The number of nitrogens with zero attached hydrogens (tertiary/aromatic N) is 1. The molecule has 0 saturated heterocycles. The van der Waals surface area contributed by atoms with Gasteiger partial charge in [0.05, 0.1) is 17.0 Å². The van der Waals surface area contributed by atoms with Gasteiger partial charge in [0.25, 0.3) is 0 Å². The van der Waals surface area contributed by atoms with Crippen LogP contribution < -0.4 is 5.73 Å². The average Bonchev–Trinajstić information content (AvgIpc) is 2.74. The average molecular weight is 239 g/mol. The third-order valence-electron chi connectivity index (χ3n) is 1.96. The highest BCUT2D eigenvalue weighted by molar-refractivity contribution is 6.35. The lowest BCUT2D eigenvalue weighted by atomic mass is 10.2. The molecule has 0 radical (unpaired) electrons. The maximum atomic E-state index is 10.9. The van der Waals surface area contributed by atoms with Crippen molar-refractivity contribution in [1.82, 2.24) is 4.98 Å². The summed E-state index contributed by atoms with van der Waals surface area (Å²) in [5.74, 6) is -0.795. The highest BCUT2D eigenvalue weighted by Crippen LogP contribution is 2.28. The van der Waals surface area contributed by atoms with E-state index in [2.05, 4.69) is 4.98 Å². The Morgan fingerprint density at radius 3 is 2.88 bits per heavy atom. The van der Waals surface area contributed by atoms with Crippen molar-refractivity contribution in [2.75, 3.05) is 5.73 Å². The summed E-state index contributed by atoms with van der Waals surface area (Å²) < 4.78 is 5.10. The summed E-state index contributed by atoms with van der Waals surface area (Å²) in [5.41, 5.74) is 5.79. The number of aromatic carboxylic acids is 1. The van der Waals surface area contributed by atoms with Crippen LogP contribution in [0, 0.1) is 0 Å². The molecule has 16 heavy (non-hydrogen) atoms. The maximum absolute atomic E-state index is 10.9. The van der Waals surface area contributed by atoms with Crippen LogP contribution >= 0.6 is 11.6 Å². The first-order valence-electron chi connectivity index (χ1n) is 4.33. The summed E-state index contributed by atoms with van der Waals surface area (Å²) in [6.07, 6.45) is 1.46. The van der Waals surface area contributed by atoms with Crippen LogP contribution in [0.3, 0.4) is 0 Å². The van der Waals surface area contributed by atoms with Gasteiger partial charge in [-0.05, 0) is 18.2 Å². The van der Waals surface area contributed by atoms with Gasteiger partial charge in [-0.2, -0.15) is 0 Å². The van der Waals surface area contributed by atoms with Crippen molar-refractivity contribution in [1.29, 1.82) is 0 Å². The monoisotopic (exact) mass is 238 g/mol. The molecule has 0 bridgehead atoms. The summed E-state index contributed by atoms with van der Waals surface area (Å²) in [6.45, 7) is 0. The molecule has 5 nitrogen and oxygen atoms in total. The molecule has 0 aromatic carbocycles. The van der Waals surface area contributed by atoms with Gasteiger partial charge in [-0.1, -0.05) is 11.6 Å². The zero-order valence-electron chi connectivity index (χ0n) is 7.98. The van der Waals surface area contributed by atoms with E-state index in [0.717, 1.165) is 0 Å². The minimum atomic E-state index is -1.23. The predicted octanol–water partition coefficient (Wildman–Crippen LogP) is 2.28. The Hall–Kier alpha value is -2.01. The Morgan fingerprint density at radius 2 is 2.31 bits per heavy atom. The Bertz CT molecular complexity index is 537. The quantitative estimate of drug-likeness (QED) is 0.838. The lowest BCUT2D eigenvalue weighted by Gasteiger charge is -2.04. The predicted molar refractivity (Wildman–Crippen MR) is 58.3 cm³/mol. The number of rotatable bonds is 2. The second-order valence-electron chi connectivity index (χ2n) is 3.04. The molecule has 82 valence electrons. The molecule has 0 spiro atoms.